The molecule has 0 amide bonds. The van der Waals surface area contributed by atoms with E-state index >= 15 is 0 Å². The molecule has 0 atom stereocenters. The van der Waals surface area contributed by atoms with Gasteiger partial charge in [-0.3, -0.25) is 0 Å². The maximum Gasteiger partial charge on any atom is 0.140 e. The molecule has 100 valence electrons. The van der Waals surface area contributed by atoms with Crippen LogP contribution in [0.2, 0.25) is 0 Å². The summed E-state index contributed by atoms with van der Waals surface area (Å²) in [5.41, 5.74) is 0.484. The van der Waals surface area contributed by atoms with Gasteiger partial charge in [0, 0.05) is 37.6 Å². The second-order valence-electron chi connectivity index (χ2n) is 4.42. The summed E-state index contributed by atoms with van der Waals surface area (Å²) in [5, 5.41) is 3.27. The maximum atomic E-state index is 14.0. The van der Waals surface area contributed by atoms with Crippen molar-refractivity contribution in [2.75, 3.05) is 39.0 Å². The number of hydrogen-bond donors (Lipinski definition) is 1. The summed E-state index contributed by atoms with van der Waals surface area (Å²) >= 11 is 1.25. The van der Waals surface area contributed by atoms with Crippen LogP contribution in [0.3, 0.4) is 0 Å². The molecule has 1 aromatic rings. The fourth-order valence-corrected chi connectivity index (χ4v) is 2.70. The predicted octanol–water partition coefficient (Wildman–Crippen LogP) is 2.13. The Morgan fingerprint density at radius 2 is 2.00 bits per heavy atom. The minimum absolute atomic E-state index is 0.265. The maximum absolute atomic E-state index is 14.0. The van der Waals surface area contributed by atoms with Gasteiger partial charge in [-0.25, -0.2) is 8.78 Å². The van der Waals surface area contributed by atoms with Gasteiger partial charge in [0.15, 0.2) is 0 Å². The molecule has 0 aromatic heterocycles. The Labute approximate surface area is 111 Å². The van der Waals surface area contributed by atoms with Crippen molar-refractivity contribution in [1.82, 2.24) is 10.2 Å². The van der Waals surface area contributed by atoms with Gasteiger partial charge in [0.2, 0.25) is 0 Å². The van der Waals surface area contributed by atoms with Gasteiger partial charge in [0.1, 0.15) is 11.6 Å². The molecule has 2 rings (SSSR count). The second-order valence-corrected chi connectivity index (χ2v) is 5.27. The summed E-state index contributed by atoms with van der Waals surface area (Å²) in [6.45, 7) is 4.69. The Kier molecular flexibility index (Phi) is 4.97. The van der Waals surface area contributed by atoms with E-state index in [9.17, 15) is 8.78 Å². The lowest BCUT2D eigenvalue weighted by Crippen LogP contribution is -2.44. The Balaban J connectivity index is 2.01. The highest BCUT2D eigenvalue weighted by atomic mass is 32.2. The molecule has 2 nitrogen and oxygen atoms in total. The number of nitrogens with one attached hydrogen (secondary N) is 1. The number of nitrogens with zero attached hydrogens (tertiary/aromatic N) is 1. The molecule has 0 aliphatic carbocycles. The molecule has 1 heterocycles. The van der Waals surface area contributed by atoms with E-state index in [1.165, 1.54) is 23.9 Å². The standard InChI is InChI=1S/C13H18F2N2S/c1-18-12-9-11(14)8-10(13(12)15)2-5-17-6-3-16-4-7-17/h8-9,16H,2-7H2,1H3. The van der Waals surface area contributed by atoms with E-state index in [1.807, 2.05) is 0 Å². The van der Waals surface area contributed by atoms with E-state index in [-0.39, 0.29) is 11.6 Å². The highest BCUT2D eigenvalue weighted by molar-refractivity contribution is 7.98. The number of halogens is 2. The van der Waals surface area contributed by atoms with Crippen LogP contribution in [0.1, 0.15) is 5.56 Å². The molecule has 0 unspecified atom stereocenters. The SMILES string of the molecule is CSc1cc(F)cc(CCN2CCNCC2)c1F. The molecule has 1 aromatic carbocycles. The van der Waals surface area contributed by atoms with Gasteiger partial charge in [-0.2, -0.15) is 0 Å². The number of thioether (sulfide) groups is 1. The van der Waals surface area contributed by atoms with Crippen molar-refractivity contribution in [3.05, 3.63) is 29.3 Å². The van der Waals surface area contributed by atoms with E-state index in [0.29, 0.717) is 16.9 Å². The van der Waals surface area contributed by atoms with Crippen LogP contribution in [-0.4, -0.2) is 43.9 Å². The predicted molar refractivity (Wildman–Crippen MR) is 71.2 cm³/mol. The van der Waals surface area contributed by atoms with Crippen molar-refractivity contribution >= 4 is 11.8 Å². The second kappa shape index (κ2) is 6.50. The fourth-order valence-electron chi connectivity index (χ4n) is 2.16. The number of hydrogen-bond acceptors (Lipinski definition) is 3. The summed E-state index contributed by atoms with van der Waals surface area (Å²) in [6, 6.07) is 2.57. The van der Waals surface area contributed by atoms with E-state index in [4.69, 9.17) is 0 Å². The summed E-state index contributed by atoms with van der Waals surface area (Å²) < 4.78 is 27.3. The normalized spacial score (nSPS) is 17.1. The van der Waals surface area contributed by atoms with Gasteiger partial charge in [0.05, 0.1) is 0 Å². The summed E-state index contributed by atoms with van der Waals surface area (Å²) in [4.78, 5) is 2.67. The van der Waals surface area contributed by atoms with Crippen LogP contribution in [0.5, 0.6) is 0 Å². The number of piperazine rings is 1. The average Bonchev–Trinajstić information content (AvgIpc) is 2.40. The topological polar surface area (TPSA) is 15.3 Å². The molecule has 0 bridgehead atoms. The van der Waals surface area contributed by atoms with E-state index in [2.05, 4.69) is 10.2 Å². The van der Waals surface area contributed by atoms with Crippen LogP contribution in [0, 0.1) is 11.6 Å². The van der Waals surface area contributed by atoms with Gasteiger partial charge in [-0.05, 0) is 30.4 Å². The van der Waals surface area contributed by atoms with Crippen molar-refractivity contribution in [2.45, 2.75) is 11.3 Å². The molecular formula is C13H18F2N2S. The lowest BCUT2D eigenvalue weighted by atomic mass is 10.1. The fraction of sp³-hybridized carbons (Fsp3) is 0.538. The van der Waals surface area contributed by atoms with Crippen LogP contribution in [-0.2, 0) is 6.42 Å². The van der Waals surface area contributed by atoms with Gasteiger partial charge in [0.25, 0.3) is 0 Å². The Hall–Kier alpha value is -0.650. The Morgan fingerprint density at radius 3 is 2.67 bits per heavy atom. The monoisotopic (exact) mass is 272 g/mol. The molecule has 5 heteroatoms. The van der Waals surface area contributed by atoms with E-state index < -0.39 is 0 Å². The zero-order valence-corrected chi connectivity index (χ0v) is 11.3. The van der Waals surface area contributed by atoms with Crippen LogP contribution in [0.4, 0.5) is 8.78 Å². The van der Waals surface area contributed by atoms with Gasteiger partial charge in [-0.1, -0.05) is 0 Å². The third-order valence-electron chi connectivity index (χ3n) is 3.21. The van der Waals surface area contributed by atoms with Crippen LogP contribution >= 0.6 is 11.8 Å². The van der Waals surface area contributed by atoms with Crippen molar-refractivity contribution in [1.29, 1.82) is 0 Å². The third-order valence-corrected chi connectivity index (χ3v) is 3.94. The lowest BCUT2D eigenvalue weighted by molar-refractivity contribution is 0.243. The minimum atomic E-state index is -0.351. The summed E-state index contributed by atoms with van der Waals surface area (Å²) in [6.07, 6.45) is 2.33. The van der Waals surface area contributed by atoms with E-state index in [0.717, 1.165) is 32.7 Å². The molecular weight excluding hydrogens is 254 g/mol. The van der Waals surface area contributed by atoms with Crippen LogP contribution < -0.4 is 5.32 Å². The largest absolute Gasteiger partial charge is 0.314 e. The molecule has 18 heavy (non-hydrogen) atoms. The quantitative estimate of drug-likeness (QED) is 0.845. The first-order chi connectivity index (χ1) is 8.70. The molecule has 1 aliphatic heterocycles. The summed E-state index contributed by atoms with van der Waals surface area (Å²) in [5.74, 6) is -0.616. The Bertz CT molecular complexity index is 406. The third kappa shape index (κ3) is 3.43. The molecule has 0 saturated carbocycles. The highest BCUT2D eigenvalue weighted by Gasteiger charge is 2.13. The number of rotatable bonds is 4. The van der Waals surface area contributed by atoms with Crippen molar-refractivity contribution in [2.24, 2.45) is 0 Å². The summed E-state index contributed by atoms with van der Waals surface area (Å²) in [7, 11) is 0. The molecule has 1 aliphatic rings. The van der Waals surface area contributed by atoms with Crippen LogP contribution in [0.25, 0.3) is 0 Å². The van der Waals surface area contributed by atoms with Gasteiger partial charge >= 0.3 is 0 Å². The smallest absolute Gasteiger partial charge is 0.140 e. The zero-order valence-electron chi connectivity index (χ0n) is 10.5. The minimum Gasteiger partial charge on any atom is -0.314 e. The lowest BCUT2D eigenvalue weighted by Gasteiger charge is -2.27. The Morgan fingerprint density at radius 1 is 1.28 bits per heavy atom. The van der Waals surface area contributed by atoms with Gasteiger partial charge < -0.3 is 10.2 Å². The van der Waals surface area contributed by atoms with Crippen molar-refractivity contribution < 1.29 is 8.78 Å². The molecule has 1 N–H and O–H groups in total. The van der Waals surface area contributed by atoms with Crippen molar-refractivity contribution in [3.8, 4) is 0 Å². The number of benzene rings is 1. The van der Waals surface area contributed by atoms with Crippen LogP contribution in [0.15, 0.2) is 17.0 Å². The zero-order chi connectivity index (χ0) is 13.0. The molecule has 0 radical (unpaired) electrons. The average molecular weight is 272 g/mol. The first-order valence-corrected chi connectivity index (χ1v) is 7.38. The van der Waals surface area contributed by atoms with Gasteiger partial charge in [-0.15, -0.1) is 11.8 Å². The van der Waals surface area contributed by atoms with Crippen molar-refractivity contribution in [3.63, 3.8) is 0 Å². The first kappa shape index (κ1) is 13.8. The molecule has 1 fully saturated rings. The molecule has 1 saturated heterocycles. The van der Waals surface area contributed by atoms with E-state index in [1.54, 1.807) is 6.26 Å². The first-order valence-electron chi connectivity index (χ1n) is 6.15. The highest BCUT2D eigenvalue weighted by Crippen LogP contribution is 2.24. The molecule has 0 spiro atoms.